The molecule has 0 amide bonds. The second-order valence-corrected chi connectivity index (χ2v) is 8.34. The Balaban J connectivity index is 2.18. The van der Waals surface area contributed by atoms with Crippen LogP contribution in [0.1, 0.15) is 20.8 Å². The van der Waals surface area contributed by atoms with Crippen LogP contribution in [0.3, 0.4) is 0 Å². The Bertz CT molecular complexity index is 915. The third kappa shape index (κ3) is 2.88. The minimum absolute atomic E-state index is 0.153. The standard InChI is InChI=1S/C16H15F2N3OS/c1-16(2,3)23(22)10-6-7-21-13(8-10)12(9-19-21)11-4-5-14(17)20-15(11)18/h4-9H,1-3H3. The van der Waals surface area contributed by atoms with Crippen LogP contribution in [0, 0.1) is 11.9 Å². The van der Waals surface area contributed by atoms with Crippen molar-refractivity contribution >= 4 is 16.3 Å². The molecule has 0 N–H and O–H groups in total. The molecule has 23 heavy (non-hydrogen) atoms. The van der Waals surface area contributed by atoms with Crippen molar-refractivity contribution in [2.75, 3.05) is 0 Å². The molecule has 0 aliphatic carbocycles. The second-order valence-electron chi connectivity index (χ2n) is 6.10. The minimum Gasteiger partial charge on any atom is -0.254 e. The molecule has 0 fully saturated rings. The van der Waals surface area contributed by atoms with Gasteiger partial charge in [-0.1, -0.05) is 0 Å². The van der Waals surface area contributed by atoms with Crippen molar-refractivity contribution in [3.8, 4) is 11.1 Å². The van der Waals surface area contributed by atoms with Crippen molar-refractivity contribution in [2.45, 2.75) is 30.4 Å². The number of aromatic nitrogens is 3. The minimum atomic E-state index is -1.23. The summed E-state index contributed by atoms with van der Waals surface area (Å²) >= 11 is 0. The molecule has 0 radical (unpaired) electrons. The highest BCUT2D eigenvalue weighted by molar-refractivity contribution is 7.86. The summed E-state index contributed by atoms with van der Waals surface area (Å²) in [5.41, 5.74) is 1.22. The monoisotopic (exact) mass is 335 g/mol. The van der Waals surface area contributed by atoms with Crippen LogP contribution in [-0.4, -0.2) is 23.6 Å². The van der Waals surface area contributed by atoms with Crippen molar-refractivity contribution in [2.24, 2.45) is 0 Å². The lowest BCUT2D eigenvalue weighted by atomic mass is 10.1. The lowest BCUT2D eigenvalue weighted by Crippen LogP contribution is -2.21. The first-order valence-electron chi connectivity index (χ1n) is 6.99. The van der Waals surface area contributed by atoms with E-state index in [-0.39, 0.29) is 5.56 Å². The molecule has 3 rings (SSSR count). The van der Waals surface area contributed by atoms with Gasteiger partial charge in [0.15, 0.2) is 0 Å². The van der Waals surface area contributed by atoms with E-state index >= 15 is 0 Å². The quantitative estimate of drug-likeness (QED) is 0.673. The van der Waals surface area contributed by atoms with Gasteiger partial charge in [0.1, 0.15) is 0 Å². The molecular weight excluding hydrogens is 320 g/mol. The van der Waals surface area contributed by atoms with Gasteiger partial charge in [0, 0.05) is 27.0 Å². The summed E-state index contributed by atoms with van der Waals surface area (Å²) in [5.74, 6) is -1.78. The van der Waals surface area contributed by atoms with Crippen LogP contribution in [0.2, 0.25) is 0 Å². The van der Waals surface area contributed by atoms with Crippen molar-refractivity contribution in [1.29, 1.82) is 0 Å². The summed E-state index contributed by atoms with van der Waals surface area (Å²) in [4.78, 5) is 3.83. The van der Waals surface area contributed by atoms with Crippen LogP contribution in [0.15, 0.2) is 41.6 Å². The zero-order valence-electron chi connectivity index (χ0n) is 12.9. The van der Waals surface area contributed by atoms with Crippen LogP contribution in [0.25, 0.3) is 16.6 Å². The molecule has 0 aliphatic rings. The second kappa shape index (κ2) is 5.49. The fraction of sp³-hybridized carbons (Fsp3) is 0.250. The summed E-state index contributed by atoms with van der Waals surface area (Å²) in [7, 11) is -1.23. The first kappa shape index (κ1) is 15.7. The van der Waals surface area contributed by atoms with Crippen molar-refractivity contribution in [1.82, 2.24) is 14.6 Å². The average Bonchev–Trinajstić information content (AvgIpc) is 2.88. The summed E-state index contributed by atoms with van der Waals surface area (Å²) < 4.78 is 40.6. The Labute approximate surface area is 134 Å². The Morgan fingerprint density at radius 3 is 2.52 bits per heavy atom. The first-order valence-corrected chi connectivity index (χ1v) is 8.14. The number of halogens is 2. The average molecular weight is 335 g/mol. The van der Waals surface area contributed by atoms with E-state index in [1.807, 2.05) is 20.8 Å². The number of nitrogens with zero attached hydrogens (tertiary/aromatic N) is 3. The van der Waals surface area contributed by atoms with Gasteiger partial charge in [0.2, 0.25) is 11.9 Å². The summed E-state index contributed by atoms with van der Waals surface area (Å²) in [6.45, 7) is 5.65. The molecule has 7 heteroatoms. The topological polar surface area (TPSA) is 47.3 Å². The molecule has 4 nitrogen and oxygen atoms in total. The highest BCUT2D eigenvalue weighted by atomic mass is 32.2. The number of hydrogen-bond acceptors (Lipinski definition) is 3. The predicted molar refractivity (Wildman–Crippen MR) is 84.5 cm³/mol. The van der Waals surface area contributed by atoms with Crippen molar-refractivity contribution < 1.29 is 13.0 Å². The van der Waals surface area contributed by atoms with Gasteiger partial charge in [0.25, 0.3) is 0 Å². The number of pyridine rings is 2. The maximum Gasteiger partial charge on any atom is 0.223 e. The molecule has 0 bridgehead atoms. The van der Waals surface area contributed by atoms with Gasteiger partial charge < -0.3 is 0 Å². The van der Waals surface area contributed by atoms with E-state index in [2.05, 4.69) is 10.1 Å². The molecule has 0 saturated heterocycles. The molecule has 1 unspecified atom stereocenters. The van der Waals surface area contributed by atoms with E-state index in [4.69, 9.17) is 0 Å². The van der Waals surface area contributed by atoms with E-state index in [1.54, 1.807) is 22.8 Å². The highest BCUT2D eigenvalue weighted by Gasteiger charge is 2.22. The molecule has 1 atom stereocenters. The molecule has 3 aromatic heterocycles. The zero-order chi connectivity index (χ0) is 16.8. The summed E-state index contributed by atoms with van der Waals surface area (Å²) in [6.07, 6.45) is 3.16. The molecular formula is C16H15F2N3OS. The van der Waals surface area contributed by atoms with E-state index in [1.165, 1.54) is 12.3 Å². The molecule has 3 heterocycles. The molecule has 120 valence electrons. The molecule has 3 aromatic rings. The van der Waals surface area contributed by atoms with Crippen LogP contribution < -0.4 is 0 Å². The van der Waals surface area contributed by atoms with Crippen molar-refractivity contribution in [3.63, 3.8) is 0 Å². The number of fused-ring (bicyclic) bond motifs is 1. The van der Waals surface area contributed by atoms with Crippen LogP contribution >= 0.6 is 0 Å². The van der Waals surface area contributed by atoms with E-state index in [0.29, 0.717) is 16.0 Å². The fourth-order valence-corrected chi connectivity index (χ4v) is 3.36. The highest BCUT2D eigenvalue weighted by Crippen LogP contribution is 2.29. The van der Waals surface area contributed by atoms with Gasteiger partial charge >= 0.3 is 0 Å². The fourth-order valence-electron chi connectivity index (χ4n) is 2.25. The summed E-state index contributed by atoms with van der Waals surface area (Å²) in [6, 6.07) is 5.86. The zero-order valence-corrected chi connectivity index (χ0v) is 13.7. The van der Waals surface area contributed by atoms with E-state index < -0.39 is 27.4 Å². The van der Waals surface area contributed by atoms with Gasteiger partial charge in [-0.3, -0.25) is 4.21 Å². The predicted octanol–water partition coefficient (Wildman–Crippen LogP) is 3.58. The maximum absolute atomic E-state index is 13.9. The lowest BCUT2D eigenvalue weighted by Gasteiger charge is -2.17. The number of hydrogen-bond donors (Lipinski definition) is 0. The normalized spacial score (nSPS) is 13.4. The Morgan fingerprint density at radius 1 is 1.13 bits per heavy atom. The van der Waals surface area contributed by atoms with Gasteiger partial charge in [-0.05, 0) is 45.0 Å². The molecule has 0 saturated carbocycles. The van der Waals surface area contributed by atoms with Gasteiger partial charge in [-0.15, -0.1) is 0 Å². The number of rotatable bonds is 2. The van der Waals surface area contributed by atoms with Gasteiger partial charge in [-0.25, -0.2) is 4.52 Å². The lowest BCUT2D eigenvalue weighted by molar-refractivity contribution is 0.515. The maximum atomic E-state index is 13.9. The van der Waals surface area contributed by atoms with Crippen LogP contribution in [0.4, 0.5) is 8.78 Å². The summed E-state index contributed by atoms with van der Waals surface area (Å²) in [5, 5.41) is 4.15. The first-order chi connectivity index (χ1) is 10.8. The smallest absolute Gasteiger partial charge is 0.223 e. The van der Waals surface area contributed by atoms with Gasteiger partial charge in [-0.2, -0.15) is 18.9 Å². The van der Waals surface area contributed by atoms with Crippen LogP contribution in [-0.2, 0) is 10.8 Å². The third-order valence-corrected chi connectivity index (χ3v) is 5.16. The molecule has 0 spiro atoms. The SMILES string of the molecule is CC(C)(C)S(=O)c1ccn2ncc(-c3ccc(F)nc3F)c2c1. The Kier molecular flexibility index (Phi) is 3.75. The Morgan fingerprint density at radius 2 is 1.87 bits per heavy atom. The van der Waals surface area contributed by atoms with Crippen molar-refractivity contribution in [3.05, 3.63) is 48.6 Å². The van der Waals surface area contributed by atoms with E-state index in [9.17, 15) is 13.0 Å². The Hall–Kier alpha value is -2.15. The van der Waals surface area contributed by atoms with Crippen LogP contribution in [0.5, 0.6) is 0 Å². The third-order valence-electron chi connectivity index (χ3n) is 3.37. The largest absolute Gasteiger partial charge is 0.254 e. The van der Waals surface area contributed by atoms with Gasteiger partial charge in [0.05, 0.1) is 22.5 Å². The van der Waals surface area contributed by atoms with E-state index in [0.717, 1.165) is 6.07 Å². The molecule has 0 aromatic carbocycles. The molecule has 0 aliphatic heterocycles.